The number of rotatable bonds is 3. The van der Waals surface area contributed by atoms with E-state index in [0.29, 0.717) is 6.54 Å². The average Bonchev–Trinajstić information content (AvgIpc) is 2.41. The van der Waals surface area contributed by atoms with Crippen LogP contribution in [-0.4, -0.2) is 24.9 Å². The van der Waals surface area contributed by atoms with Crippen molar-refractivity contribution in [3.63, 3.8) is 0 Å². The maximum absolute atomic E-state index is 5.32. The number of aliphatic imine (C=N–C) groups is 2. The van der Waals surface area contributed by atoms with E-state index in [9.17, 15) is 0 Å². The number of benzene rings is 1. The number of nitrogens with two attached hydrogens (primary N) is 2. The number of hydrazone groups is 1. The molecule has 0 amide bonds. The lowest BCUT2D eigenvalue weighted by Crippen LogP contribution is -2.26. The SMILES string of the molecule is NC(N)=NN/C(=C1/CN=CC=N1)c1ccccc1. The molecule has 0 saturated carbocycles. The predicted octanol–water partition coefficient (Wildman–Crippen LogP) is 0.288. The van der Waals surface area contributed by atoms with Gasteiger partial charge in [-0.1, -0.05) is 30.3 Å². The topological polar surface area (TPSA) is 101 Å². The molecule has 1 aromatic carbocycles. The Labute approximate surface area is 105 Å². The zero-order valence-corrected chi connectivity index (χ0v) is 9.74. The van der Waals surface area contributed by atoms with E-state index in [-0.39, 0.29) is 5.96 Å². The van der Waals surface area contributed by atoms with Crippen molar-refractivity contribution in [2.24, 2.45) is 26.6 Å². The highest BCUT2D eigenvalue weighted by Crippen LogP contribution is 2.18. The molecule has 5 N–H and O–H groups in total. The molecule has 18 heavy (non-hydrogen) atoms. The lowest BCUT2D eigenvalue weighted by atomic mass is 10.1. The summed E-state index contributed by atoms with van der Waals surface area (Å²) < 4.78 is 0. The molecule has 2 rings (SSSR count). The second-order valence-corrected chi connectivity index (χ2v) is 3.60. The van der Waals surface area contributed by atoms with Gasteiger partial charge in [0.25, 0.3) is 0 Å². The molecule has 0 saturated heterocycles. The molecule has 1 aliphatic rings. The van der Waals surface area contributed by atoms with Gasteiger partial charge < -0.3 is 11.5 Å². The molecule has 1 heterocycles. The quantitative estimate of drug-likeness (QED) is 0.403. The fraction of sp³-hybridized carbons (Fsp3) is 0.0833. The Balaban J connectivity index is 2.38. The molecule has 0 fully saturated rings. The third kappa shape index (κ3) is 2.94. The van der Waals surface area contributed by atoms with E-state index in [2.05, 4.69) is 20.5 Å². The summed E-state index contributed by atoms with van der Waals surface area (Å²) in [7, 11) is 0. The molecule has 0 spiro atoms. The van der Waals surface area contributed by atoms with E-state index in [1.807, 2.05) is 30.3 Å². The summed E-state index contributed by atoms with van der Waals surface area (Å²) in [5.74, 6) is -0.0349. The van der Waals surface area contributed by atoms with Gasteiger partial charge in [-0.3, -0.25) is 15.4 Å². The molecule has 6 heteroatoms. The summed E-state index contributed by atoms with van der Waals surface area (Å²) in [6, 6.07) is 9.71. The van der Waals surface area contributed by atoms with Crippen LogP contribution in [-0.2, 0) is 0 Å². The highest BCUT2D eigenvalue weighted by molar-refractivity contribution is 6.17. The van der Waals surface area contributed by atoms with Crippen molar-refractivity contribution in [2.75, 3.05) is 6.54 Å². The van der Waals surface area contributed by atoms with Gasteiger partial charge in [-0.05, 0) is 0 Å². The first-order valence-electron chi connectivity index (χ1n) is 5.43. The summed E-state index contributed by atoms with van der Waals surface area (Å²) in [5.41, 5.74) is 16.0. The zero-order valence-electron chi connectivity index (χ0n) is 9.74. The van der Waals surface area contributed by atoms with E-state index in [0.717, 1.165) is 17.0 Å². The van der Waals surface area contributed by atoms with E-state index in [1.54, 1.807) is 12.4 Å². The fourth-order valence-electron chi connectivity index (χ4n) is 1.52. The number of guanidine groups is 1. The number of nitrogens with zero attached hydrogens (tertiary/aromatic N) is 3. The van der Waals surface area contributed by atoms with Gasteiger partial charge >= 0.3 is 0 Å². The van der Waals surface area contributed by atoms with Gasteiger partial charge in [-0.15, -0.1) is 5.10 Å². The molecule has 1 aliphatic heterocycles. The minimum atomic E-state index is -0.0349. The third-order valence-electron chi connectivity index (χ3n) is 2.29. The molecule has 0 radical (unpaired) electrons. The van der Waals surface area contributed by atoms with E-state index in [1.165, 1.54) is 0 Å². The molecule has 0 aliphatic carbocycles. The Morgan fingerprint density at radius 2 is 1.94 bits per heavy atom. The Kier molecular flexibility index (Phi) is 3.70. The lowest BCUT2D eigenvalue weighted by molar-refractivity contribution is 0.949. The van der Waals surface area contributed by atoms with Crippen LogP contribution in [0.4, 0.5) is 0 Å². The van der Waals surface area contributed by atoms with Crippen LogP contribution >= 0.6 is 0 Å². The second kappa shape index (κ2) is 5.62. The maximum atomic E-state index is 5.32. The Morgan fingerprint density at radius 3 is 2.56 bits per heavy atom. The van der Waals surface area contributed by atoms with Gasteiger partial charge in [-0.2, -0.15) is 0 Å². The average molecular weight is 242 g/mol. The minimum Gasteiger partial charge on any atom is -0.369 e. The molecular formula is C12H14N6. The van der Waals surface area contributed by atoms with E-state index in [4.69, 9.17) is 11.5 Å². The smallest absolute Gasteiger partial charge is 0.208 e. The first kappa shape index (κ1) is 11.8. The highest BCUT2D eigenvalue weighted by Gasteiger charge is 2.09. The molecular weight excluding hydrogens is 228 g/mol. The van der Waals surface area contributed by atoms with Crippen molar-refractivity contribution in [1.29, 1.82) is 0 Å². The number of hydrogen-bond acceptors (Lipinski definition) is 4. The lowest BCUT2D eigenvalue weighted by Gasteiger charge is -2.12. The van der Waals surface area contributed by atoms with Crippen molar-refractivity contribution < 1.29 is 0 Å². The summed E-state index contributed by atoms with van der Waals surface area (Å²) in [6.07, 6.45) is 3.30. The largest absolute Gasteiger partial charge is 0.369 e. The van der Waals surface area contributed by atoms with Crippen LogP contribution in [0.15, 0.2) is 51.1 Å². The standard InChI is InChI=1S/C12H14N6/c13-12(14)18-17-11(9-4-2-1-3-5-9)10-8-15-6-7-16-10/h1-7,17H,8H2,(H4,13,14,18)/b11-10-. The Hall–Kier alpha value is -2.63. The molecule has 6 nitrogen and oxygen atoms in total. The molecule has 0 aromatic heterocycles. The second-order valence-electron chi connectivity index (χ2n) is 3.60. The van der Waals surface area contributed by atoms with Crippen LogP contribution in [0.25, 0.3) is 5.70 Å². The molecule has 0 bridgehead atoms. The van der Waals surface area contributed by atoms with Gasteiger partial charge in [0.15, 0.2) is 0 Å². The molecule has 0 atom stereocenters. The van der Waals surface area contributed by atoms with Crippen molar-refractivity contribution in [3.05, 3.63) is 41.6 Å². The van der Waals surface area contributed by atoms with Gasteiger partial charge in [0.2, 0.25) is 5.96 Å². The first-order valence-corrected chi connectivity index (χ1v) is 5.43. The summed E-state index contributed by atoms with van der Waals surface area (Å²) >= 11 is 0. The number of nitrogens with one attached hydrogen (secondary N) is 1. The molecule has 92 valence electrons. The summed E-state index contributed by atoms with van der Waals surface area (Å²) in [4.78, 5) is 8.42. The minimum absolute atomic E-state index is 0.0349. The summed E-state index contributed by atoms with van der Waals surface area (Å²) in [6.45, 7) is 0.494. The highest BCUT2D eigenvalue weighted by atomic mass is 15.3. The van der Waals surface area contributed by atoms with Crippen molar-refractivity contribution in [1.82, 2.24) is 5.43 Å². The predicted molar refractivity (Wildman–Crippen MR) is 74.2 cm³/mol. The van der Waals surface area contributed by atoms with Crippen LogP contribution in [0.1, 0.15) is 5.56 Å². The van der Waals surface area contributed by atoms with Gasteiger partial charge in [0.1, 0.15) is 0 Å². The van der Waals surface area contributed by atoms with Crippen LogP contribution in [0, 0.1) is 0 Å². The van der Waals surface area contributed by atoms with Crippen molar-refractivity contribution >= 4 is 24.1 Å². The van der Waals surface area contributed by atoms with Crippen LogP contribution in [0.3, 0.4) is 0 Å². The van der Waals surface area contributed by atoms with Gasteiger partial charge in [-0.25, -0.2) is 0 Å². The van der Waals surface area contributed by atoms with Crippen LogP contribution in [0.2, 0.25) is 0 Å². The molecule has 1 aromatic rings. The van der Waals surface area contributed by atoms with Crippen molar-refractivity contribution in [3.8, 4) is 0 Å². The fourth-order valence-corrected chi connectivity index (χ4v) is 1.52. The monoisotopic (exact) mass is 242 g/mol. The van der Waals surface area contributed by atoms with Crippen molar-refractivity contribution in [2.45, 2.75) is 0 Å². The van der Waals surface area contributed by atoms with E-state index < -0.39 is 0 Å². The maximum Gasteiger partial charge on any atom is 0.208 e. The normalized spacial score (nSPS) is 16.2. The third-order valence-corrected chi connectivity index (χ3v) is 2.29. The Bertz CT molecular complexity index is 523. The summed E-state index contributed by atoms with van der Waals surface area (Å²) in [5, 5.41) is 3.82. The van der Waals surface area contributed by atoms with Gasteiger partial charge in [0, 0.05) is 18.0 Å². The first-order chi connectivity index (χ1) is 8.77. The molecule has 0 unspecified atom stereocenters. The number of hydrogen-bond donors (Lipinski definition) is 3. The van der Waals surface area contributed by atoms with E-state index >= 15 is 0 Å². The zero-order chi connectivity index (χ0) is 12.8. The Morgan fingerprint density at radius 1 is 1.17 bits per heavy atom. The van der Waals surface area contributed by atoms with Crippen LogP contribution < -0.4 is 16.9 Å². The van der Waals surface area contributed by atoms with Crippen LogP contribution in [0.5, 0.6) is 0 Å². The van der Waals surface area contributed by atoms with Gasteiger partial charge in [0.05, 0.1) is 17.9 Å².